The highest BCUT2D eigenvalue weighted by Crippen LogP contribution is 2.36. The van der Waals surface area contributed by atoms with Crippen LogP contribution in [0, 0.1) is 0 Å². The van der Waals surface area contributed by atoms with E-state index >= 15 is 0 Å². The van der Waals surface area contributed by atoms with E-state index < -0.39 is 5.83 Å². The molecule has 0 amide bonds. The van der Waals surface area contributed by atoms with Crippen LogP contribution in [0.15, 0.2) is 24.0 Å². The first kappa shape index (κ1) is 9.90. The molecule has 15 heavy (non-hydrogen) atoms. The molecular formula is C12H11FO2. The van der Waals surface area contributed by atoms with Crippen LogP contribution in [0.3, 0.4) is 0 Å². The van der Waals surface area contributed by atoms with Gasteiger partial charge in [-0.3, -0.25) is 4.79 Å². The van der Waals surface area contributed by atoms with Crippen molar-refractivity contribution < 1.29 is 13.9 Å². The van der Waals surface area contributed by atoms with Crippen LogP contribution in [0.5, 0.6) is 5.75 Å². The van der Waals surface area contributed by atoms with Gasteiger partial charge in [-0.05, 0) is 41.7 Å². The number of ether oxygens (including phenoxy) is 1. The molecule has 0 N–H and O–H groups in total. The van der Waals surface area contributed by atoms with Gasteiger partial charge in [0.1, 0.15) is 5.75 Å². The summed E-state index contributed by atoms with van der Waals surface area (Å²) in [5, 5.41) is 0. The molecular weight excluding hydrogens is 195 g/mol. The lowest BCUT2D eigenvalue weighted by Gasteiger charge is -2.04. The zero-order valence-electron chi connectivity index (χ0n) is 8.42. The van der Waals surface area contributed by atoms with Crippen molar-refractivity contribution in [1.29, 1.82) is 0 Å². The summed E-state index contributed by atoms with van der Waals surface area (Å²) in [6.45, 7) is 0. The third kappa shape index (κ3) is 1.65. The van der Waals surface area contributed by atoms with Crippen molar-refractivity contribution in [2.75, 3.05) is 7.11 Å². The van der Waals surface area contributed by atoms with Crippen LogP contribution in [-0.2, 0) is 11.2 Å². The highest BCUT2D eigenvalue weighted by atomic mass is 19.1. The number of allylic oxidation sites excluding steroid dienone is 2. The lowest BCUT2D eigenvalue weighted by atomic mass is 10.1. The molecule has 2 rings (SSSR count). The smallest absolute Gasteiger partial charge is 0.178 e. The summed E-state index contributed by atoms with van der Waals surface area (Å²) in [7, 11) is 1.57. The molecule has 0 spiro atoms. The van der Waals surface area contributed by atoms with E-state index in [1.54, 1.807) is 13.2 Å². The van der Waals surface area contributed by atoms with Gasteiger partial charge in [0.15, 0.2) is 12.1 Å². The van der Waals surface area contributed by atoms with Gasteiger partial charge in [0.25, 0.3) is 0 Å². The van der Waals surface area contributed by atoms with E-state index in [0.717, 1.165) is 17.5 Å². The third-order valence-electron chi connectivity index (χ3n) is 2.68. The number of carbonyl (C=O) groups is 1. The lowest BCUT2D eigenvalue weighted by molar-refractivity contribution is -0.106. The molecule has 0 saturated carbocycles. The fourth-order valence-electron chi connectivity index (χ4n) is 1.90. The van der Waals surface area contributed by atoms with E-state index in [4.69, 9.17) is 4.74 Å². The van der Waals surface area contributed by atoms with Crippen molar-refractivity contribution in [2.24, 2.45) is 0 Å². The topological polar surface area (TPSA) is 26.3 Å². The van der Waals surface area contributed by atoms with Crippen LogP contribution in [0.2, 0.25) is 0 Å². The quantitative estimate of drug-likeness (QED) is 0.549. The first-order valence-electron chi connectivity index (χ1n) is 4.77. The summed E-state index contributed by atoms with van der Waals surface area (Å²) < 4.78 is 18.3. The van der Waals surface area contributed by atoms with Crippen molar-refractivity contribution in [3.63, 3.8) is 0 Å². The van der Waals surface area contributed by atoms with Crippen molar-refractivity contribution in [3.8, 4) is 5.75 Å². The van der Waals surface area contributed by atoms with Gasteiger partial charge in [-0.2, -0.15) is 0 Å². The first-order valence-corrected chi connectivity index (χ1v) is 4.77. The Hall–Kier alpha value is -1.64. The van der Waals surface area contributed by atoms with E-state index in [1.165, 1.54) is 0 Å². The van der Waals surface area contributed by atoms with E-state index in [0.29, 0.717) is 17.7 Å². The number of rotatable bonds is 2. The van der Waals surface area contributed by atoms with E-state index in [2.05, 4.69) is 0 Å². The fourth-order valence-corrected chi connectivity index (χ4v) is 1.90. The molecule has 0 heterocycles. The Bertz CT molecular complexity index is 435. The summed E-state index contributed by atoms with van der Waals surface area (Å²) in [6.07, 6.45) is 1.65. The van der Waals surface area contributed by atoms with E-state index in [1.807, 2.05) is 12.1 Å². The summed E-state index contributed by atoms with van der Waals surface area (Å²) in [5.74, 6) is 0.0221. The molecule has 1 aliphatic rings. The molecule has 1 aromatic carbocycles. The standard InChI is InChI=1S/C12H11FO2/c1-15-9-4-2-8-3-5-10(11(8)6-9)12(13)7-14/h2,4,6-7H,3,5H2,1H3/b12-10-. The predicted molar refractivity (Wildman–Crippen MR) is 55.4 cm³/mol. The number of benzene rings is 1. The Morgan fingerprint density at radius 3 is 2.93 bits per heavy atom. The summed E-state index contributed by atoms with van der Waals surface area (Å²) >= 11 is 0. The number of methoxy groups -OCH3 is 1. The van der Waals surface area contributed by atoms with Gasteiger partial charge < -0.3 is 4.74 Å². The Morgan fingerprint density at radius 2 is 2.27 bits per heavy atom. The molecule has 3 heteroatoms. The molecule has 0 radical (unpaired) electrons. The summed E-state index contributed by atoms with van der Waals surface area (Å²) in [6, 6.07) is 5.54. The fraction of sp³-hybridized carbons (Fsp3) is 0.250. The molecule has 78 valence electrons. The number of aryl methyl sites for hydroxylation is 1. The Balaban J connectivity index is 2.53. The molecule has 0 unspecified atom stereocenters. The van der Waals surface area contributed by atoms with Gasteiger partial charge in [0.2, 0.25) is 0 Å². The van der Waals surface area contributed by atoms with Gasteiger partial charge in [-0.25, -0.2) is 4.39 Å². The maximum absolute atomic E-state index is 13.2. The number of fused-ring (bicyclic) bond motifs is 1. The Kier molecular flexibility index (Phi) is 2.54. The minimum atomic E-state index is -0.665. The summed E-state index contributed by atoms with van der Waals surface area (Å²) in [4.78, 5) is 10.4. The second-order valence-corrected chi connectivity index (χ2v) is 3.47. The number of carbonyl (C=O) groups excluding carboxylic acids is 1. The maximum Gasteiger partial charge on any atom is 0.178 e. The van der Waals surface area contributed by atoms with E-state index in [9.17, 15) is 9.18 Å². The van der Waals surface area contributed by atoms with Crippen molar-refractivity contribution in [1.82, 2.24) is 0 Å². The zero-order valence-corrected chi connectivity index (χ0v) is 8.42. The van der Waals surface area contributed by atoms with Gasteiger partial charge in [-0.15, -0.1) is 0 Å². The predicted octanol–water partition coefficient (Wildman–Crippen LogP) is 2.52. The second kappa shape index (κ2) is 3.85. The number of aldehydes is 1. The molecule has 0 bridgehead atoms. The third-order valence-corrected chi connectivity index (χ3v) is 2.68. The maximum atomic E-state index is 13.2. The normalized spacial score (nSPS) is 17.2. The van der Waals surface area contributed by atoms with Crippen LogP contribution in [-0.4, -0.2) is 13.4 Å². The lowest BCUT2D eigenvalue weighted by Crippen LogP contribution is -1.88. The van der Waals surface area contributed by atoms with Gasteiger partial charge in [0, 0.05) is 0 Å². The number of halogens is 1. The van der Waals surface area contributed by atoms with Crippen molar-refractivity contribution in [2.45, 2.75) is 12.8 Å². The van der Waals surface area contributed by atoms with Crippen molar-refractivity contribution in [3.05, 3.63) is 35.2 Å². The molecule has 0 aliphatic heterocycles. The van der Waals surface area contributed by atoms with Gasteiger partial charge in [-0.1, -0.05) is 6.07 Å². The molecule has 1 aliphatic carbocycles. The molecule has 0 fully saturated rings. The highest BCUT2D eigenvalue weighted by Gasteiger charge is 2.20. The van der Waals surface area contributed by atoms with Gasteiger partial charge >= 0.3 is 0 Å². The van der Waals surface area contributed by atoms with Crippen LogP contribution in [0.1, 0.15) is 17.5 Å². The highest BCUT2D eigenvalue weighted by molar-refractivity contribution is 5.88. The van der Waals surface area contributed by atoms with Crippen molar-refractivity contribution >= 4 is 11.9 Å². The van der Waals surface area contributed by atoms with Gasteiger partial charge in [0.05, 0.1) is 7.11 Å². The minimum absolute atomic E-state index is 0.268. The number of hydrogen-bond donors (Lipinski definition) is 0. The van der Waals surface area contributed by atoms with E-state index in [-0.39, 0.29) is 6.29 Å². The summed E-state index contributed by atoms with van der Waals surface area (Å²) in [5.41, 5.74) is 2.38. The second-order valence-electron chi connectivity index (χ2n) is 3.47. The molecule has 0 aromatic heterocycles. The first-order chi connectivity index (χ1) is 7.26. The van der Waals surface area contributed by atoms with Crippen LogP contribution < -0.4 is 4.74 Å². The molecule has 0 saturated heterocycles. The van der Waals surface area contributed by atoms with Crippen LogP contribution in [0.25, 0.3) is 5.57 Å². The SMILES string of the molecule is COc1ccc2c(c1)/C(=C(\F)C=O)CC2. The largest absolute Gasteiger partial charge is 0.497 e. The average molecular weight is 206 g/mol. The minimum Gasteiger partial charge on any atom is -0.497 e. The average Bonchev–Trinajstić information content (AvgIpc) is 2.70. The van der Waals surface area contributed by atoms with Crippen LogP contribution in [0.4, 0.5) is 4.39 Å². The Morgan fingerprint density at radius 1 is 1.47 bits per heavy atom. The molecule has 1 aromatic rings. The Labute approximate surface area is 87.4 Å². The molecule has 0 atom stereocenters. The zero-order chi connectivity index (χ0) is 10.8. The van der Waals surface area contributed by atoms with Crippen LogP contribution >= 0.6 is 0 Å². The molecule has 2 nitrogen and oxygen atoms in total. The monoisotopic (exact) mass is 206 g/mol. The number of hydrogen-bond acceptors (Lipinski definition) is 2.